The van der Waals surface area contributed by atoms with Crippen LogP contribution in [0.3, 0.4) is 0 Å². The Bertz CT molecular complexity index is 799. The van der Waals surface area contributed by atoms with E-state index in [1.54, 1.807) is 6.08 Å². The highest BCUT2D eigenvalue weighted by Gasteiger charge is 2.18. The van der Waals surface area contributed by atoms with Crippen LogP contribution in [0.15, 0.2) is 12.2 Å². The highest BCUT2D eigenvalue weighted by Crippen LogP contribution is 2.18. The zero-order valence-electron chi connectivity index (χ0n) is 39.8. The summed E-state index contributed by atoms with van der Waals surface area (Å²) >= 11 is 0. The highest BCUT2D eigenvalue weighted by atomic mass is 16.3. The van der Waals surface area contributed by atoms with Crippen LogP contribution in [0.5, 0.6) is 0 Å². The van der Waals surface area contributed by atoms with Gasteiger partial charge in [-0.25, -0.2) is 0 Å². The Kier molecular flexibility index (Phi) is 49.7. The fourth-order valence-corrected chi connectivity index (χ4v) is 8.65. The molecule has 2 atom stereocenters. The van der Waals surface area contributed by atoms with Crippen molar-refractivity contribution in [2.24, 2.45) is 0 Å². The molecule has 2 unspecified atom stereocenters. The Hall–Kier alpha value is -0.870. The van der Waals surface area contributed by atoms with E-state index in [9.17, 15) is 15.0 Å². The number of carbonyl (C=O) groups excluding carboxylic acids is 1. The number of nitrogens with one attached hydrogen (secondary N) is 1. The molecule has 0 aromatic carbocycles. The molecule has 0 aromatic heterocycles. The average Bonchev–Trinajstić information content (AvgIpc) is 3.23. The Morgan fingerprint density at radius 1 is 0.397 bits per heavy atom. The summed E-state index contributed by atoms with van der Waals surface area (Å²) in [7, 11) is 0. The van der Waals surface area contributed by atoms with Crippen LogP contribution in [-0.4, -0.2) is 34.9 Å². The lowest BCUT2D eigenvalue weighted by Crippen LogP contribution is -2.45. The van der Waals surface area contributed by atoms with Crippen molar-refractivity contribution in [1.29, 1.82) is 0 Å². The van der Waals surface area contributed by atoms with Gasteiger partial charge in [0.2, 0.25) is 5.91 Å². The second-order valence-corrected chi connectivity index (χ2v) is 18.7. The maximum absolute atomic E-state index is 12.3. The molecule has 0 aromatic rings. The van der Waals surface area contributed by atoms with Crippen LogP contribution < -0.4 is 5.32 Å². The molecule has 0 spiro atoms. The number of aliphatic hydroxyl groups excluding tert-OH is 2. The van der Waals surface area contributed by atoms with Crippen LogP contribution in [-0.2, 0) is 4.79 Å². The molecule has 4 heteroatoms. The van der Waals surface area contributed by atoms with Gasteiger partial charge in [0.15, 0.2) is 0 Å². The summed E-state index contributed by atoms with van der Waals surface area (Å²) < 4.78 is 0. The van der Waals surface area contributed by atoms with Crippen molar-refractivity contribution in [2.45, 2.75) is 321 Å². The quantitative estimate of drug-likeness (QED) is 0.0423. The van der Waals surface area contributed by atoms with Gasteiger partial charge in [0.05, 0.1) is 18.8 Å². The standard InChI is InChI=1S/C54H107NO3/c1-3-5-7-9-11-12-13-14-15-16-17-18-19-20-21-22-23-24-25-26-27-28-29-30-31-32-33-34-35-36-37-38-39-40-41-42-44-46-48-50-54(58)55-52(51-56)53(57)49-47-45-43-10-8-6-4-2/h47,49,52-53,56-57H,3-46,48,50-51H2,1-2H3,(H,55,58)/b49-47+. The molecule has 0 heterocycles. The van der Waals surface area contributed by atoms with Gasteiger partial charge in [-0.15, -0.1) is 0 Å². The van der Waals surface area contributed by atoms with Gasteiger partial charge in [-0.1, -0.05) is 296 Å². The molecule has 3 N–H and O–H groups in total. The molecule has 0 saturated carbocycles. The number of amides is 1. The zero-order chi connectivity index (χ0) is 42.1. The first-order valence-electron chi connectivity index (χ1n) is 26.9. The van der Waals surface area contributed by atoms with Crippen LogP contribution in [0.4, 0.5) is 0 Å². The summed E-state index contributed by atoms with van der Waals surface area (Å²) in [5.41, 5.74) is 0. The number of rotatable bonds is 50. The summed E-state index contributed by atoms with van der Waals surface area (Å²) in [4.78, 5) is 12.3. The SMILES string of the molecule is CCCCCCC/C=C/C(O)C(CO)NC(=O)CCCCCCCCCCCCCCCCCCCCCCCCCCCCCCCCCCCCCCCCC. The molecular weight excluding hydrogens is 711 g/mol. The van der Waals surface area contributed by atoms with Crippen molar-refractivity contribution in [3.63, 3.8) is 0 Å². The number of aliphatic hydroxyl groups is 2. The molecule has 0 rings (SSSR count). The van der Waals surface area contributed by atoms with E-state index >= 15 is 0 Å². The van der Waals surface area contributed by atoms with Crippen LogP contribution in [0, 0.1) is 0 Å². The van der Waals surface area contributed by atoms with Gasteiger partial charge in [-0.2, -0.15) is 0 Å². The van der Waals surface area contributed by atoms with Crippen molar-refractivity contribution in [1.82, 2.24) is 5.32 Å². The summed E-state index contributed by atoms with van der Waals surface area (Å²) in [6, 6.07) is -0.614. The van der Waals surface area contributed by atoms with Crippen LogP contribution in [0.1, 0.15) is 309 Å². The van der Waals surface area contributed by atoms with E-state index in [1.807, 2.05) is 6.08 Å². The first-order valence-corrected chi connectivity index (χ1v) is 26.9. The van der Waals surface area contributed by atoms with E-state index in [-0.39, 0.29) is 12.5 Å². The van der Waals surface area contributed by atoms with Crippen LogP contribution in [0.2, 0.25) is 0 Å². The monoisotopic (exact) mass is 818 g/mol. The summed E-state index contributed by atoms with van der Waals surface area (Å²) in [5.74, 6) is -0.0624. The van der Waals surface area contributed by atoms with Crippen molar-refractivity contribution in [3.8, 4) is 0 Å². The third-order valence-corrected chi connectivity index (χ3v) is 12.8. The second kappa shape index (κ2) is 50.5. The third-order valence-electron chi connectivity index (χ3n) is 12.8. The number of hydrogen-bond donors (Lipinski definition) is 3. The summed E-state index contributed by atoms with van der Waals surface area (Å²) in [5, 5.41) is 22.8. The molecule has 0 saturated heterocycles. The Balaban J connectivity index is 3.27. The number of carbonyl (C=O) groups is 1. The summed E-state index contributed by atoms with van der Waals surface area (Å²) in [6.07, 6.45) is 65.6. The van der Waals surface area contributed by atoms with Gasteiger partial charge >= 0.3 is 0 Å². The minimum Gasteiger partial charge on any atom is -0.394 e. The minimum atomic E-state index is -0.831. The molecule has 0 aliphatic carbocycles. The molecule has 0 fully saturated rings. The lowest BCUT2D eigenvalue weighted by atomic mass is 10.0. The van der Waals surface area contributed by atoms with Crippen molar-refractivity contribution in [3.05, 3.63) is 12.2 Å². The molecule has 0 aliphatic heterocycles. The van der Waals surface area contributed by atoms with Gasteiger partial charge < -0.3 is 15.5 Å². The van der Waals surface area contributed by atoms with Crippen LogP contribution >= 0.6 is 0 Å². The fourth-order valence-electron chi connectivity index (χ4n) is 8.65. The molecule has 0 aliphatic rings. The lowest BCUT2D eigenvalue weighted by molar-refractivity contribution is -0.123. The minimum absolute atomic E-state index is 0.0624. The van der Waals surface area contributed by atoms with Crippen molar-refractivity contribution < 1.29 is 15.0 Å². The first kappa shape index (κ1) is 57.1. The second-order valence-electron chi connectivity index (χ2n) is 18.7. The number of unbranched alkanes of at least 4 members (excludes halogenated alkanes) is 43. The maximum atomic E-state index is 12.3. The predicted octanol–water partition coefficient (Wildman–Crippen LogP) is 17.4. The average molecular weight is 818 g/mol. The lowest BCUT2D eigenvalue weighted by Gasteiger charge is -2.20. The van der Waals surface area contributed by atoms with Gasteiger partial charge in [-0.05, 0) is 19.3 Å². The normalized spacial score (nSPS) is 12.8. The zero-order valence-corrected chi connectivity index (χ0v) is 39.8. The van der Waals surface area contributed by atoms with Gasteiger partial charge in [0, 0.05) is 6.42 Å². The molecular formula is C54H107NO3. The first-order chi connectivity index (χ1) is 28.7. The van der Waals surface area contributed by atoms with E-state index in [4.69, 9.17) is 0 Å². The molecule has 0 radical (unpaired) electrons. The van der Waals surface area contributed by atoms with E-state index in [0.29, 0.717) is 6.42 Å². The van der Waals surface area contributed by atoms with Gasteiger partial charge in [0.25, 0.3) is 0 Å². The largest absolute Gasteiger partial charge is 0.394 e. The van der Waals surface area contributed by atoms with Gasteiger partial charge in [0.1, 0.15) is 0 Å². The molecule has 58 heavy (non-hydrogen) atoms. The van der Waals surface area contributed by atoms with E-state index in [0.717, 1.165) is 25.7 Å². The van der Waals surface area contributed by atoms with E-state index in [2.05, 4.69) is 19.2 Å². The van der Waals surface area contributed by atoms with Gasteiger partial charge in [-0.3, -0.25) is 4.79 Å². The van der Waals surface area contributed by atoms with E-state index in [1.165, 1.54) is 263 Å². The predicted molar refractivity (Wildman–Crippen MR) is 258 cm³/mol. The fraction of sp³-hybridized carbons (Fsp3) is 0.944. The maximum Gasteiger partial charge on any atom is 0.220 e. The summed E-state index contributed by atoms with van der Waals surface area (Å²) in [6.45, 7) is 4.28. The Morgan fingerprint density at radius 3 is 0.897 bits per heavy atom. The molecule has 4 nitrogen and oxygen atoms in total. The number of hydrogen-bond acceptors (Lipinski definition) is 3. The Labute approximate surface area is 365 Å². The molecule has 1 amide bonds. The number of allylic oxidation sites excluding steroid dienone is 1. The topological polar surface area (TPSA) is 69.6 Å². The Morgan fingerprint density at radius 2 is 0.638 bits per heavy atom. The van der Waals surface area contributed by atoms with Crippen molar-refractivity contribution in [2.75, 3.05) is 6.61 Å². The smallest absolute Gasteiger partial charge is 0.220 e. The molecule has 0 bridgehead atoms. The third kappa shape index (κ3) is 46.2. The van der Waals surface area contributed by atoms with Crippen LogP contribution in [0.25, 0.3) is 0 Å². The van der Waals surface area contributed by atoms with Crippen molar-refractivity contribution >= 4 is 5.91 Å². The highest BCUT2D eigenvalue weighted by molar-refractivity contribution is 5.76. The van der Waals surface area contributed by atoms with E-state index < -0.39 is 12.1 Å². The molecule has 346 valence electrons.